The monoisotopic (exact) mass is 323 g/mol. The number of benzene rings is 2. The zero-order valence-electron chi connectivity index (χ0n) is 13.5. The van der Waals surface area contributed by atoms with Gasteiger partial charge in [-0.2, -0.15) is 0 Å². The SMILES string of the molecule is OC1C(c2ccccc2)=C(CN2CCOCC2)Oc2ccccc21. The highest BCUT2D eigenvalue weighted by molar-refractivity contribution is 5.75. The second-order valence-corrected chi connectivity index (χ2v) is 6.13. The topological polar surface area (TPSA) is 41.9 Å². The Hall–Kier alpha value is -2.14. The molecule has 124 valence electrons. The van der Waals surface area contributed by atoms with Crippen molar-refractivity contribution in [3.05, 3.63) is 71.5 Å². The number of rotatable bonds is 3. The molecule has 0 radical (unpaired) electrons. The lowest BCUT2D eigenvalue weighted by molar-refractivity contribution is 0.0381. The summed E-state index contributed by atoms with van der Waals surface area (Å²) >= 11 is 0. The van der Waals surface area contributed by atoms with Crippen molar-refractivity contribution in [1.29, 1.82) is 0 Å². The van der Waals surface area contributed by atoms with Crippen LogP contribution in [-0.2, 0) is 4.74 Å². The largest absolute Gasteiger partial charge is 0.460 e. The summed E-state index contributed by atoms with van der Waals surface area (Å²) in [6.07, 6.45) is -0.673. The average molecular weight is 323 g/mol. The summed E-state index contributed by atoms with van der Waals surface area (Å²) in [5.74, 6) is 1.57. The average Bonchev–Trinajstić information content (AvgIpc) is 2.64. The quantitative estimate of drug-likeness (QED) is 0.943. The number of aliphatic hydroxyl groups is 1. The third-order valence-electron chi connectivity index (χ3n) is 4.58. The van der Waals surface area contributed by atoms with Gasteiger partial charge in [0, 0.05) is 24.2 Å². The van der Waals surface area contributed by atoms with Crippen LogP contribution in [-0.4, -0.2) is 42.9 Å². The summed E-state index contributed by atoms with van der Waals surface area (Å²) in [6.45, 7) is 3.93. The molecule has 0 spiro atoms. The number of nitrogens with zero attached hydrogens (tertiary/aromatic N) is 1. The molecular weight excluding hydrogens is 302 g/mol. The van der Waals surface area contributed by atoms with Crippen molar-refractivity contribution < 1.29 is 14.6 Å². The number of ether oxygens (including phenoxy) is 2. The van der Waals surface area contributed by atoms with E-state index >= 15 is 0 Å². The summed E-state index contributed by atoms with van der Waals surface area (Å²) < 4.78 is 11.6. The molecule has 2 aliphatic rings. The molecule has 2 aliphatic heterocycles. The highest BCUT2D eigenvalue weighted by atomic mass is 16.5. The van der Waals surface area contributed by atoms with Gasteiger partial charge in [0.25, 0.3) is 0 Å². The van der Waals surface area contributed by atoms with Gasteiger partial charge in [-0.25, -0.2) is 0 Å². The first-order chi connectivity index (χ1) is 11.8. The first-order valence-corrected chi connectivity index (χ1v) is 8.36. The van der Waals surface area contributed by atoms with E-state index in [0.29, 0.717) is 6.54 Å². The molecule has 4 rings (SSSR count). The second-order valence-electron chi connectivity index (χ2n) is 6.13. The number of aliphatic hydroxyl groups excluding tert-OH is 1. The first-order valence-electron chi connectivity index (χ1n) is 8.36. The molecule has 24 heavy (non-hydrogen) atoms. The van der Waals surface area contributed by atoms with Gasteiger partial charge in [-0.05, 0) is 11.6 Å². The lowest BCUT2D eigenvalue weighted by Gasteiger charge is -2.32. The number of morpholine rings is 1. The summed E-state index contributed by atoms with van der Waals surface area (Å²) in [7, 11) is 0. The van der Waals surface area contributed by atoms with Crippen LogP contribution in [0.25, 0.3) is 5.57 Å². The zero-order valence-corrected chi connectivity index (χ0v) is 13.5. The van der Waals surface area contributed by atoms with Crippen LogP contribution in [0.1, 0.15) is 17.2 Å². The van der Waals surface area contributed by atoms with Crippen molar-refractivity contribution in [2.24, 2.45) is 0 Å². The molecule has 2 heterocycles. The summed E-state index contributed by atoms with van der Waals surface area (Å²) in [6, 6.07) is 17.7. The molecule has 1 unspecified atom stereocenters. The predicted octanol–water partition coefficient (Wildman–Crippen LogP) is 2.86. The van der Waals surface area contributed by atoms with Gasteiger partial charge >= 0.3 is 0 Å². The molecule has 4 nitrogen and oxygen atoms in total. The molecule has 2 aromatic carbocycles. The van der Waals surface area contributed by atoms with E-state index in [1.54, 1.807) is 0 Å². The Balaban J connectivity index is 1.74. The Morgan fingerprint density at radius 1 is 0.958 bits per heavy atom. The highest BCUT2D eigenvalue weighted by Gasteiger charge is 2.30. The van der Waals surface area contributed by atoms with Crippen LogP contribution < -0.4 is 4.74 Å². The Bertz CT molecular complexity index is 736. The Morgan fingerprint density at radius 2 is 1.67 bits per heavy atom. The van der Waals surface area contributed by atoms with Crippen LogP contribution in [0.5, 0.6) is 5.75 Å². The molecule has 2 aromatic rings. The molecule has 0 aliphatic carbocycles. The van der Waals surface area contributed by atoms with Crippen molar-refractivity contribution in [2.75, 3.05) is 32.8 Å². The summed E-state index contributed by atoms with van der Waals surface area (Å²) in [5.41, 5.74) is 2.69. The number of fused-ring (bicyclic) bond motifs is 1. The predicted molar refractivity (Wildman–Crippen MR) is 92.7 cm³/mol. The van der Waals surface area contributed by atoms with Crippen molar-refractivity contribution in [3.63, 3.8) is 0 Å². The van der Waals surface area contributed by atoms with Crippen molar-refractivity contribution in [2.45, 2.75) is 6.10 Å². The molecule has 1 N–H and O–H groups in total. The fourth-order valence-corrected chi connectivity index (χ4v) is 3.31. The van der Waals surface area contributed by atoms with Gasteiger partial charge in [-0.1, -0.05) is 48.5 Å². The van der Waals surface area contributed by atoms with Crippen LogP contribution >= 0.6 is 0 Å². The van der Waals surface area contributed by atoms with Crippen LogP contribution in [0, 0.1) is 0 Å². The Labute approximate surface area is 141 Å². The van der Waals surface area contributed by atoms with Crippen LogP contribution in [0.4, 0.5) is 0 Å². The zero-order chi connectivity index (χ0) is 16.4. The fraction of sp³-hybridized carbons (Fsp3) is 0.300. The van der Waals surface area contributed by atoms with E-state index in [4.69, 9.17) is 9.47 Å². The van der Waals surface area contributed by atoms with Crippen molar-refractivity contribution in [1.82, 2.24) is 4.90 Å². The summed E-state index contributed by atoms with van der Waals surface area (Å²) in [5, 5.41) is 11.0. The van der Waals surface area contributed by atoms with Gasteiger partial charge in [0.05, 0.1) is 19.8 Å². The molecular formula is C20H21NO3. The third-order valence-corrected chi connectivity index (χ3v) is 4.58. The molecule has 1 atom stereocenters. The minimum atomic E-state index is -0.673. The van der Waals surface area contributed by atoms with E-state index < -0.39 is 6.10 Å². The minimum absolute atomic E-state index is 0.673. The normalized spacial score (nSPS) is 21.3. The second kappa shape index (κ2) is 6.77. The standard InChI is InChI=1S/C20H21NO3/c22-20-16-8-4-5-9-17(16)24-18(14-21-10-12-23-13-11-21)19(20)15-6-2-1-3-7-15/h1-9,20,22H,10-14H2. The lowest BCUT2D eigenvalue weighted by atomic mass is 9.91. The van der Waals surface area contributed by atoms with E-state index in [1.165, 1.54) is 0 Å². The Morgan fingerprint density at radius 3 is 2.46 bits per heavy atom. The molecule has 4 heteroatoms. The maximum Gasteiger partial charge on any atom is 0.133 e. The van der Waals surface area contributed by atoms with Gasteiger partial charge in [0.15, 0.2) is 0 Å². The maximum absolute atomic E-state index is 11.0. The van der Waals surface area contributed by atoms with Gasteiger partial charge in [0.2, 0.25) is 0 Å². The number of para-hydroxylation sites is 1. The molecule has 0 aromatic heterocycles. The smallest absolute Gasteiger partial charge is 0.133 e. The highest BCUT2D eigenvalue weighted by Crippen LogP contribution is 2.42. The Kier molecular flexibility index (Phi) is 4.34. The lowest BCUT2D eigenvalue weighted by Crippen LogP contribution is -2.39. The van der Waals surface area contributed by atoms with Gasteiger partial charge in [-0.3, -0.25) is 4.90 Å². The van der Waals surface area contributed by atoms with E-state index in [0.717, 1.165) is 54.5 Å². The van der Waals surface area contributed by atoms with Crippen LogP contribution in [0.2, 0.25) is 0 Å². The van der Waals surface area contributed by atoms with Crippen molar-refractivity contribution >= 4 is 5.57 Å². The van der Waals surface area contributed by atoms with Gasteiger partial charge in [-0.15, -0.1) is 0 Å². The maximum atomic E-state index is 11.0. The van der Waals surface area contributed by atoms with Crippen LogP contribution in [0.3, 0.4) is 0 Å². The van der Waals surface area contributed by atoms with E-state index in [1.807, 2.05) is 54.6 Å². The van der Waals surface area contributed by atoms with E-state index in [9.17, 15) is 5.11 Å². The first kappa shape index (κ1) is 15.4. The molecule has 1 saturated heterocycles. The molecule has 0 saturated carbocycles. The fourth-order valence-electron chi connectivity index (χ4n) is 3.31. The van der Waals surface area contributed by atoms with Gasteiger partial charge in [0.1, 0.15) is 17.6 Å². The van der Waals surface area contributed by atoms with Gasteiger partial charge < -0.3 is 14.6 Å². The van der Waals surface area contributed by atoms with Crippen molar-refractivity contribution in [3.8, 4) is 5.75 Å². The van der Waals surface area contributed by atoms with E-state index in [-0.39, 0.29) is 0 Å². The molecule has 0 bridgehead atoms. The molecule has 0 amide bonds. The summed E-state index contributed by atoms with van der Waals surface area (Å²) in [4.78, 5) is 2.31. The van der Waals surface area contributed by atoms with E-state index in [2.05, 4.69) is 4.90 Å². The molecule has 1 fully saturated rings. The third kappa shape index (κ3) is 2.96. The van der Waals surface area contributed by atoms with Crippen LogP contribution in [0.15, 0.2) is 60.4 Å². The number of hydrogen-bond acceptors (Lipinski definition) is 4. The minimum Gasteiger partial charge on any atom is -0.460 e. The number of hydrogen-bond donors (Lipinski definition) is 1.